The first kappa shape index (κ1) is 25.3. The SMILES string of the molecule is CC/C=C/C(CCC(N)(CCCCC1CCCCC1)c1cccnc1)C[Si](C)(C)C. The van der Waals surface area contributed by atoms with Crippen LogP contribution >= 0.6 is 0 Å². The first-order valence-electron chi connectivity index (χ1n) is 12.7. The molecular formula is C27H48N2Si. The molecule has 1 aliphatic rings. The standard InChI is InChI=1S/C27H48N2Si/c1-5-6-13-25(23-30(2,3)4)18-20-27(28,26-17-12-21-29-22-26)19-11-10-16-24-14-8-7-9-15-24/h6,12-13,17,21-22,24-25H,5,7-11,14-16,18-20,23,28H2,1-4H3/b13-6+. The molecule has 1 aromatic heterocycles. The summed E-state index contributed by atoms with van der Waals surface area (Å²) in [5.41, 5.74) is 8.12. The lowest BCUT2D eigenvalue weighted by Crippen LogP contribution is -2.37. The molecule has 0 radical (unpaired) electrons. The summed E-state index contributed by atoms with van der Waals surface area (Å²) in [5, 5.41) is 0. The molecule has 2 unspecified atom stereocenters. The highest BCUT2D eigenvalue weighted by Crippen LogP contribution is 2.34. The van der Waals surface area contributed by atoms with Gasteiger partial charge in [0, 0.05) is 26.0 Å². The van der Waals surface area contributed by atoms with E-state index >= 15 is 0 Å². The number of unbranched alkanes of at least 4 members (excludes halogenated alkanes) is 1. The quantitative estimate of drug-likeness (QED) is 0.196. The molecule has 2 N–H and O–H groups in total. The molecule has 1 aliphatic carbocycles. The number of rotatable bonds is 13. The average molecular weight is 429 g/mol. The zero-order valence-electron chi connectivity index (χ0n) is 20.3. The number of pyridine rings is 1. The Labute approximate surface area is 188 Å². The van der Waals surface area contributed by atoms with Gasteiger partial charge in [0.25, 0.3) is 0 Å². The van der Waals surface area contributed by atoms with Gasteiger partial charge in [-0.2, -0.15) is 0 Å². The van der Waals surface area contributed by atoms with Gasteiger partial charge in [0.1, 0.15) is 0 Å². The highest BCUT2D eigenvalue weighted by molar-refractivity contribution is 6.76. The van der Waals surface area contributed by atoms with Gasteiger partial charge in [-0.15, -0.1) is 0 Å². The molecule has 3 heteroatoms. The van der Waals surface area contributed by atoms with Gasteiger partial charge in [-0.05, 0) is 49.1 Å². The van der Waals surface area contributed by atoms with Crippen LogP contribution in [0.4, 0.5) is 0 Å². The normalized spacial score (nSPS) is 19.1. The number of hydrogen-bond donors (Lipinski definition) is 1. The predicted molar refractivity (Wildman–Crippen MR) is 135 cm³/mol. The van der Waals surface area contributed by atoms with Crippen LogP contribution in [0, 0.1) is 11.8 Å². The van der Waals surface area contributed by atoms with Crippen LogP contribution < -0.4 is 5.73 Å². The maximum absolute atomic E-state index is 7.13. The maximum atomic E-state index is 7.13. The Bertz CT molecular complexity index is 601. The minimum atomic E-state index is -1.10. The molecule has 2 atom stereocenters. The summed E-state index contributed by atoms with van der Waals surface area (Å²) in [6, 6.07) is 5.60. The van der Waals surface area contributed by atoms with Crippen LogP contribution in [0.3, 0.4) is 0 Å². The van der Waals surface area contributed by atoms with Crippen LogP contribution in [0.5, 0.6) is 0 Å². The molecule has 1 heterocycles. The van der Waals surface area contributed by atoms with Crippen molar-refractivity contribution in [2.75, 3.05) is 0 Å². The minimum absolute atomic E-state index is 0.238. The Morgan fingerprint density at radius 3 is 2.57 bits per heavy atom. The van der Waals surface area contributed by atoms with E-state index < -0.39 is 8.07 Å². The summed E-state index contributed by atoms with van der Waals surface area (Å²) in [5.74, 6) is 1.64. The highest BCUT2D eigenvalue weighted by Gasteiger charge is 2.29. The number of nitrogens with zero attached hydrogens (tertiary/aromatic N) is 1. The number of nitrogens with two attached hydrogens (primary N) is 1. The summed E-state index contributed by atoms with van der Waals surface area (Å²) < 4.78 is 0. The third kappa shape index (κ3) is 9.47. The van der Waals surface area contributed by atoms with Gasteiger partial charge >= 0.3 is 0 Å². The Kier molecular flexibility index (Phi) is 10.8. The van der Waals surface area contributed by atoms with E-state index in [4.69, 9.17) is 5.73 Å². The number of aromatic nitrogens is 1. The van der Waals surface area contributed by atoms with Gasteiger partial charge in [-0.3, -0.25) is 4.98 Å². The fraction of sp³-hybridized carbons (Fsp3) is 0.741. The average Bonchev–Trinajstić information content (AvgIpc) is 2.74. The molecule has 1 aromatic rings. The second-order valence-electron chi connectivity index (χ2n) is 11.0. The van der Waals surface area contributed by atoms with E-state index in [2.05, 4.69) is 55.8 Å². The molecule has 1 fully saturated rings. The maximum Gasteiger partial charge on any atom is 0.0448 e. The van der Waals surface area contributed by atoms with Crippen molar-refractivity contribution >= 4 is 8.07 Å². The fourth-order valence-electron chi connectivity index (χ4n) is 5.24. The smallest absolute Gasteiger partial charge is 0.0448 e. The van der Waals surface area contributed by atoms with Crippen molar-refractivity contribution in [1.82, 2.24) is 4.98 Å². The van der Waals surface area contributed by atoms with Gasteiger partial charge in [0.2, 0.25) is 0 Å². The lowest BCUT2D eigenvalue weighted by molar-refractivity contribution is 0.304. The third-order valence-electron chi connectivity index (χ3n) is 6.93. The van der Waals surface area contributed by atoms with Gasteiger partial charge < -0.3 is 5.73 Å². The van der Waals surface area contributed by atoms with E-state index in [1.54, 1.807) is 0 Å². The first-order chi connectivity index (χ1) is 14.3. The Morgan fingerprint density at radius 2 is 1.93 bits per heavy atom. The lowest BCUT2D eigenvalue weighted by atomic mass is 9.79. The van der Waals surface area contributed by atoms with Gasteiger partial charge in [0.15, 0.2) is 0 Å². The van der Waals surface area contributed by atoms with Gasteiger partial charge in [0.05, 0.1) is 0 Å². The number of allylic oxidation sites excluding steroid dienone is 2. The van der Waals surface area contributed by atoms with E-state index in [-0.39, 0.29) is 5.54 Å². The molecular weight excluding hydrogens is 380 g/mol. The molecule has 0 saturated heterocycles. The fourth-order valence-corrected chi connectivity index (χ4v) is 7.16. The second kappa shape index (κ2) is 12.8. The second-order valence-corrected chi connectivity index (χ2v) is 16.6. The van der Waals surface area contributed by atoms with Crippen LogP contribution in [0.15, 0.2) is 36.7 Å². The summed E-state index contributed by atoms with van der Waals surface area (Å²) in [7, 11) is -1.10. The van der Waals surface area contributed by atoms with Crippen molar-refractivity contribution in [2.24, 2.45) is 17.6 Å². The number of hydrogen-bond acceptors (Lipinski definition) is 2. The van der Waals surface area contributed by atoms with Crippen LogP contribution in [0.2, 0.25) is 25.7 Å². The largest absolute Gasteiger partial charge is 0.321 e. The van der Waals surface area contributed by atoms with Crippen molar-refractivity contribution in [3.63, 3.8) is 0 Å². The summed E-state index contributed by atoms with van der Waals surface area (Å²) >= 11 is 0. The van der Waals surface area contributed by atoms with Crippen molar-refractivity contribution in [3.8, 4) is 0 Å². The molecule has 30 heavy (non-hydrogen) atoms. The van der Waals surface area contributed by atoms with Gasteiger partial charge in [-0.25, -0.2) is 0 Å². The summed E-state index contributed by atoms with van der Waals surface area (Å²) in [6.07, 6.45) is 24.4. The zero-order valence-corrected chi connectivity index (χ0v) is 21.3. The van der Waals surface area contributed by atoms with Crippen molar-refractivity contribution in [1.29, 1.82) is 0 Å². The van der Waals surface area contributed by atoms with Crippen molar-refractivity contribution in [2.45, 2.75) is 115 Å². The van der Waals surface area contributed by atoms with E-state index in [0.717, 1.165) is 25.2 Å². The molecule has 2 rings (SSSR count). The molecule has 2 nitrogen and oxygen atoms in total. The van der Waals surface area contributed by atoms with Crippen LogP contribution in [0.25, 0.3) is 0 Å². The first-order valence-corrected chi connectivity index (χ1v) is 16.4. The topological polar surface area (TPSA) is 38.9 Å². The molecule has 170 valence electrons. The zero-order chi connectivity index (χ0) is 21.9. The van der Waals surface area contributed by atoms with Crippen LogP contribution in [-0.4, -0.2) is 13.1 Å². The van der Waals surface area contributed by atoms with E-state index in [9.17, 15) is 0 Å². The molecule has 0 aromatic carbocycles. The van der Waals surface area contributed by atoms with Crippen molar-refractivity contribution < 1.29 is 0 Å². The Balaban J connectivity index is 1.97. The molecule has 0 spiro atoms. The lowest BCUT2D eigenvalue weighted by Gasteiger charge is -2.33. The highest BCUT2D eigenvalue weighted by atomic mass is 28.3. The van der Waals surface area contributed by atoms with E-state index in [1.807, 2.05) is 12.4 Å². The minimum Gasteiger partial charge on any atom is -0.321 e. The van der Waals surface area contributed by atoms with E-state index in [0.29, 0.717) is 5.92 Å². The van der Waals surface area contributed by atoms with Crippen molar-refractivity contribution in [3.05, 3.63) is 42.2 Å². The summed E-state index contributed by atoms with van der Waals surface area (Å²) in [4.78, 5) is 4.40. The van der Waals surface area contributed by atoms with Crippen LogP contribution in [0.1, 0.15) is 89.5 Å². The Hall–Kier alpha value is -0.933. The summed E-state index contributed by atoms with van der Waals surface area (Å²) in [6.45, 7) is 9.70. The van der Waals surface area contributed by atoms with Crippen LogP contribution in [-0.2, 0) is 5.54 Å². The molecule has 0 bridgehead atoms. The molecule has 0 aliphatic heterocycles. The Morgan fingerprint density at radius 1 is 1.17 bits per heavy atom. The molecule has 0 amide bonds. The molecule has 1 saturated carbocycles. The monoisotopic (exact) mass is 428 g/mol. The van der Waals surface area contributed by atoms with E-state index in [1.165, 1.54) is 69.4 Å². The third-order valence-corrected chi connectivity index (χ3v) is 8.68. The van der Waals surface area contributed by atoms with Gasteiger partial charge in [-0.1, -0.05) is 102 Å². The predicted octanol–water partition coefficient (Wildman–Crippen LogP) is 8.08.